The standard InChI is InChI=1S/C16H16FNO2/c1-12(13-7-9-14(17)10-8-13)18-16(19)11-20-15-5-3-2-4-6-15/h2-10,12H,11H2,1H3,(H,18,19). The van der Waals surface area contributed by atoms with E-state index in [9.17, 15) is 9.18 Å². The summed E-state index contributed by atoms with van der Waals surface area (Å²) in [7, 11) is 0. The second-order valence-electron chi connectivity index (χ2n) is 4.44. The van der Waals surface area contributed by atoms with Crippen LogP contribution in [0, 0.1) is 5.82 Å². The monoisotopic (exact) mass is 273 g/mol. The van der Waals surface area contributed by atoms with Crippen LogP contribution in [0.3, 0.4) is 0 Å². The van der Waals surface area contributed by atoms with Gasteiger partial charge in [0.15, 0.2) is 6.61 Å². The van der Waals surface area contributed by atoms with Crippen LogP contribution in [-0.4, -0.2) is 12.5 Å². The highest BCUT2D eigenvalue weighted by Crippen LogP contribution is 2.13. The summed E-state index contributed by atoms with van der Waals surface area (Å²) in [6.45, 7) is 1.79. The Labute approximate surface area is 117 Å². The van der Waals surface area contributed by atoms with E-state index in [-0.39, 0.29) is 24.4 Å². The molecule has 0 radical (unpaired) electrons. The molecule has 4 heteroatoms. The topological polar surface area (TPSA) is 38.3 Å². The van der Waals surface area contributed by atoms with Crippen molar-refractivity contribution in [2.45, 2.75) is 13.0 Å². The Morgan fingerprint density at radius 1 is 1.15 bits per heavy atom. The summed E-state index contributed by atoms with van der Waals surface area (Å²) in [6.07, 6.45) is 0. The van der Waals surface area contributed by atoms with Gasteiger partial charge in [-0.3, -0.25) is 4.79 Å². The van der Waals surface area contributed by atoms with Gasteiger partial charge in [-0.25, -0.2) is 4.39 Å². The van der Waals surface area contributed by atoms with Crippen molar-refractivity contribution in [2.75, 3.05) is 6.61 Å². The Bertz CT molecular complexity index is 554. The van der Waals surface area contributed by atoms with Gasteiger partial charge < -0.3 is 10.1 Å². The van der Waals surface area contributed by atoms with Crippen molar-refractivity contribution in [3.8, 4) is 5.75 Å². The molecule has 0 fully saturated rings. The molecule has 1 amide bonds. The van der Waals surface area contributed by atoms with Gasteiger partial charge in [0.05, 0.1) is 6.04 Å². The van der Waals surface area contributed by atoms with Crippen LogP contribution in [0.1, 0.15) is 18.5 Å². The average molecular weight is 273 g/mol. The Balaban J connectivity index is 1.83. The number of nitrogens with one attached hydrogen (secondary N) is 1. The van der Waals surface area contributed by atoms with Crippen LogP contribution in [0.2, 0.25) is 0 Å². The first-order chi connectivity index (χ1) is 9.65. The number of hydrogen-bond acceptors (Lipinski definition) is 2. The fraction of sp³-hybridized carbons (Fsp3) is 0.188. The summed E-state index contributed by atoms with van der Waals surface area (Å²) in [5.41, 5.74) is 0.847. The summed E-state index contributed by atoms with van der Waals surface area (Å²) < 4.78 is 18.2. The van der Waals surface area contributed by atoms with Gasteiger partial charge >= 0.3 is 0 Å². The minimum Gasteiger partial charge on any atom is -0.484 e. The van der Waals surface area contributed by atoms with Crippen molar-refractivity contribution in [3.63, 3.8) is 0 Å². The van der Waals surface area contributed by atoms with Crippen molar-refractivity contribution >= 4 is 5.91 Å². The quantitative estimate of drug-likeness (QED) is 0.909. The van der Waals surface area contributed by atoms with Crippen molar-refractivity contribution in [1.82, 2.24) is 5.32 Å². The van der Waals surface area contributed by atoms with E-state index in [0.717, 1.165) is 5.56 Å². The van der Waals surface area contributed by atoms with Crippen molar-refractivity contribution < 1.29 is 13.9 Å². The average Bonchev–Trinajstić information content (AvgIpc) is 2.47. The maximum Gasteiger partial charge on any atom is 0.258 e. The van der Waals surface area contributed by atoms with E-state index < -0.39 is 0 Å². The van der Waals surface area contributed by atoms with E-state index in [2.05, 4.69) is 5.32 Å². The molecular formula is C16H16FNO2. The number of amides is 1. The van der Waals surface area contributed by atoms with Crippen LogP contribution in [-0.2, 0) is 4.79 Å². The maximum absolute atomic E-state index is 12.8. The molecule has 2 rings (SSSR count). The predicted molar refractivity (Wildman–Crippen MR) is 74.9 cm³/mol. The Morgan fingerprint density at radius 2 is 1.80 bits per heavy atom. The van der Waals surface area contributed by atoms with Gasteiger partial charge in [0, 0.05) is 0 Å². The first kappa shape index (κ1) is 14.1. The highest BCUT2D eigenvalue weighted by molar-refractivity contribution is 5.78. The van der Waals surface area contributed by atoms with Crippen LogP contribution >= 0.6 is 0 Å². The van der Waals surface area contributed by atoms with E-state index in [1.807, 2.05) is 25.1 Å². The summed E-state index contributed by atoms with van der Waals surface area (Å²) in [6, 6.07) is 15.0. The molecule has 1 N–H and O–H groups in total. The van der Waals surface area contributed by atoms with Crippen LogP contribution in [0.15, 0.2) is 54.6 Å². The van der Waals surface area contributed by atoms with E-state index in [1.54, 1.807) is 24.3 Å². The molecule has 0 bridgehead atoms. The minimum absolute atomic E-state index is 0.0461. The molecule has 0 spiro atoms. The lowest BCUT2D eigenvalue weighted by molar-refractivity contribution is -0.123. The Morgan fingerprint density at radius 3 is 2.45 bits per heavy atom. The van der Waals surface area contributed by atoms with Gasteiger partial charge in [0.25, 0.3) is 5.91 Å². The SMILES string of the molecule is CC(NC(=O)COc1ccccc1)c1ccc(F)cc1. The van der Waals surface area contributed by atoms with Gasteiger partial charge in [0.1, 0.15) is 11.6 Å². The molecule has 1 unspecified atom stereocenters. The predicted octanol–water partition coefficient (Wildman–Crippen LogP) is 3.08. The summed E-state index contributed by atoms with van der Waals surface area (Å²) in [5, 5.41) is 2.80. The van der Waals surface area contributed by atoms with Gasteiger partial charge in [-0.15, -0.1) is 0 Å². The first-order valence-electron chi connectivity index (χ1n) is 6.38. The molecule has 1 atom stereocenters. The molecule has 3 nitrogen and oxygen atoms in total. The third-order valence-corrected chi connectivity index (χ3v) is 2.86. The molecule has 0 aromatic heterocycles. The number of benzene rings is 2. The fourth-order valence-corrected chi connectivity index (χ4v) is 1.78. The second-order valence-corrected chi connectivity index (χ2v) is 4.44. The molecule has 0 aliphatic carbocycles. The van der Waals surface area contributed by atoms with Crippen LogP contribution in [0.4, 0.5) is 4.39 Å². The first-order valence-corrected chi connectivity index (χ1v) is 6.38. The molecular weight excluding hydrogens is 257 g/mol. The number of ether oxygens (including phenoxy) is 1. The molecule has 20 heavy (non-hydrogen) atoms. The maximum atomic E-state index is 12.8. The van der Waals surface area contributed by atoms with Gasteiger partial charge in [-0.1, -0.05) is 30.3 Å². The van der Waals surface area contributed by atoms with Crippen LogP contribution in [0.25, 0.3) is 0 Å². The molecule has 104 valence electrons. The van der Waals surface area contributed by atoms with Gasteiger partial charge in [-0.2, -0.15) is 0 Å². The highest BCUT2D eigenvalue weighted by atomic mass is 19.1. The summed E-state index contributed by atoms with van der Waals surface area (Å²) in [5.74, 6) is 0.141. The molecule has 2 aromatic rings. The van der Waals surface area contributed by atoms with E-state index >= 15 is 0 Å². The van der Waals surface area contributed by atoms with Crippen molar-refractivity contribution in [3.05, 3.63) is 66.0 Å². The number of carbonyl (C=O) groups excluding carboxylic acids is 1. The molecule has 0 aliphatic rings. The minimum atomic E-state index is -0.292. The third-order valence-electron chi connectivity index (χ3n) is 2.86. The Kier molecular flexibility index (Phi) is 4.71. The van der Waals surface area contributed by atoms with Crippen molar-refractivity contribution in [2.24, 2.45) is 0 Å². The Hall–Kier alpha value is -2.36. The molecule has 2 aromatic carbocycles. The normalized spacial score (nSPS) is 11.7. The van der Waals surface area contributed by atoms with E-state index in [0.29, 0.717) is 5.75 Å². The highest BCUT2D eigenvalue weighted by Gasteiger charge is 2.10. The zero-order valence-corrected chi connectivity index (χ0v) is 11.2. The zero-order valence-electron chi connectivity index (χ0n) is 11.2. The second kappa shape index (κ2) is 6.70. The largest absolute Gasteiger partial charge is 0.484 e. The molecule has 0 saturated carbocycles. The van der Waals surface area contributed by atoms with Gasteiger partial charge in [-0.05, 0) is 36.8 Å². The summed E-state index contributed by atoms with van der Waals surface area (Å²) in [4.78, 5) is 11.8. The third kappa shape index (κ3) is 4.09. The molecule has 0 heterocycles. The van der Waals surface area contributed by atoms with Crippen molar-refractivity contribution in [1.29, 1.82) is 0 Å². The molecule has 0 aliphatic heterocycles. The molecule has 0 saturated heterocycles. The summed E-state index contributed by atoms with van der Waals surface area (Å²) >= 11 is 0. The lowest BCUT2D eigenvalue weighted by Gasteiger charge is -2.14. The van der Waals surface area contributed by atoms with Crippen LogP contribution in [0.5, 0.6) is 5.75 Å². The number of halogens is 1. The fourth-order valence-electron chi connectivity index (χ4n) is 1.78. The smallest absolute Gasteiger partial charge is 0.258 e. The van der Waals surface area contributed by atoms with Gasteiger partial charge in [0.2, 0.25) is 0 Å². The number of para-hydroxylation sites is 1. The number of rotatable bonds is 5. The lowest BCUT2D eigenvalue weighted by Crippen LogP contribution is -2.31. The van der Waals surface area contributed by atoms with E-state index in [1.165, 1.54) is 12.1 Å². The van der Waals surface area contributed by atoms with Crippen LogP contribution < -0.4 is 10.1 Å². The zero-order chi connectivity index (χ0) is 14.4. The number of hydrogen-bond donors (Lipinski definition) is 1. The lowest BCUT2D eigenvalue weighted by atomic mass is 10.1. The number of carbonyl (C=O) groups is 1. The van der Waals surface area contributed by atoms with E-state index in [4.69, 9.17) is 4.74 Å².